The molecule has 0 saturated carbocycles. The number of carbonyl (C=O) groups is 2. The van der Waals surface area contributed by atoms with Gasteiger partial charge in [0.05, 0.1) is 25.0 Å². The largest absolute Gasteiger partial charge is 0.467 e. The molecular weight excluding hydrogens is 316 g/mol. The molecule has 7 nitrogen and oxygen atoms in total. The van der Waals surface area contributed by atoms with Crippen molar-refractivity contribution in [1.82, 2.24) is 15.6 Å². The average molecular weight is 332 g/mol. The van der Waals surface area contributed by atoms with E-state index in [0.29, 0.717) is 18.8 Å². The molecule has 3 rings (SSSR count). The summed E-state index contributed by atoms with van der Waals surface area (Å²) < 4.78 is 5.12. The quantitative estimate of drug-likeness (QED) is 0.888. The van der Waals surface area contributed by atoms with Crippen molar-refractivity contribution >= 4 is 29.4 Å². The Morgan fingerprint density at radius 2 is 2.22 bits per heavy atom. The molecule has 0 unspecified atom stereocenters. The molecular formula is C15H16N4O3S. The molecule has 3 heterocycles. The second-order valence-electron chi connectivity index (χ2n) is 4.84. The molecule has 0 bridgehead atoms. The van der Waals surface area contributed by atoms with Crippen molar-refractivity contribution in [2.24, 2.45) is 0 Å². The van der Waals surface area contributed by atoms with Gasteiger partial charge in [-0.25, -0.2) is 9.78 Å². The van der Waals surface area contributed by atoms with E-state index < -0.39 is 0 Å². The van der Waals surface area contributed by atoms with Gasteiger partial charge in [0.1, 0.15) is 10.8 Å². The number of furan rings is 1. The minimum absolute atomic E-state index is 0.0845. The molecule has 2 N–H and O–H groups in total. The first-order chi connectivity index (χ1) is 11.2. The number of urea groups is 1. The Balaban J connectivity index is 1.51. The predicted octanol–water partition coefficient (Wildman–Crippen LogP) is 1.61. The number of pyridine rings is 1. The summed E-state index contributed by atoms with van der Waals surface area (Å²) in [5.74, 6) is 1.17. The van der Waals surface area contributed by atoms with E-state index in [4.69, 9.17) is 4.42 Å². The van der Waals surface area contributed by atoms with Gasteiger partial charge in [-0.3, -0.25) is 9.69 Å². The van der Waals surface area contributed by atoms with Crippen LogP contribution < -0.4 is 15.5 Å². The van der Waals surface area contributed by atoms with Crippen LogP contribution in [0.2, 0.25) is 0 Å². The van der Waals surface area contributed by atoms with Crippen LogP contribution in [0.15, 0.2) is 46.2 Å². The van der Waals surface area contributed by atoms with E-state index in [1.165, 1.54) is 0 Å². The SMILES string of the molecule is O=C(CNC(=O)N1CCSc2ncccc21)NCc1ccco1. The van der Waals surface area contributed by atoms with Gasteiger partial charge in [0.15, 0.2) is 0 Å². The molecule has 3 amide bonds. The zero-order valence-corrected chi connectivity index (χ0v) is 13.1. The van der Waals surface area contributed by atoms with Crippen molar-refractivity contribution in [2.75, 3.05) is 23.7 Å². The van der Waals surface area contributed by atoms with Crippen LogP contribution in [-0.2, 0) is 11.3 Å². The number of aromatic nitrogens is 1. The molecule has 2 aromatic rings. The number of hydrogen-bond donors (Lipinski definition) is 2. The molecule has 0 radical (unpaired) electrons. The fraction of sp³-hybridized carbons (Fsp3) is 0.267. The normalized spacial score (nSPS) is 13.3. The molecule has 0 aromatic carbocycles. The van der Waals surface area contributed by atoms with Gasteiger partial charge in [0.25, 0.3) is 0 Å². The van der Waals surface area contributed by atoms with Crippen molar-refractivity contribution in [3.63, 3.8) is 0 Å². The van der Waals surface area contributed by atoms with E-state index in [2.05, 4.69) is 15.6 Å². The third kappa shape index (κ3) is 3.84. The molecule has 120 valence electrons. The monoisotopic (exact) mass is 332 g/mol. The second-order valence-corrected chi connectivity index (χ2v) is 5.93. The Morgan fingerprint density at radius 1 is 1.30 bits per heavy atom. The summed E-state index contributed by atoms with van der Waals surface area (Å²) >= 11 is 1.62. The van der Waals surface area contributed by atoms with Gasteiger partial charge in [-0.2, -0.15) is 0 Å². The predicted molar refractivity (Wildman–Crippen MR) is 86.3 cm³/mol. The summed E-state index contributed by atoms with van der Waals surface area (Å²) in [5.41, 5.74) is 0.775. The molecule has 0 aliphatic carbocycles. The molecule has 0 atom stereocenters. The third-order valence-corrected chi connectivity index (χ3v) is 4.26. The highest BCUT2D eigenvalue weighted by Gasteiger charge is 2.23. The maximum Gasteiger partial charge on any atom is 0.322 e. The van der Waals surface area contributed by atoms with Gasteiger partial charge in [-0.15, -0.1) is 11.8 Å². The summed E-state index contributed by atoms with van der Waals surface area (Å²) in [4.78, 5) is 29.9. The molecule has 23 heavy (non-hydrogen) atoms. The maximum absolute atomic E-state index is 12.3. The number of nitrogens with one attached hydrogen (secondary N) is 2. The fourth-order valence-electron chi connectivity index (χ4n) is 2.18. The summed E-state index contributed by atoms with van der Waals surface area (Å²) in [6.07, 6.45) is 3.25. The van der Waals surface area contributed by atoms with Gasteiger partial charge in [-0.1, -0.05) is 0 Å². The summed E-state index contributed by atoms with van der Waals surface area (Å²) in [6.45, 7) is 0.802. The van der Waals surface area contributed by atoms with Crippen molar-refractivity contribution in [2.45, 2.75) is 11.6 Å². The molecule has 8 heteroatoms. The number of thioether (sulfide) groups is 1. The standard InChI is InChI=1S/C15H16N4O3S/c20-13(17-9-11-3-2-7-22-11)10-18-15(21)19-6-8-23-14-12(19)4-1-5-16-14/h1-5,7H,6,8-10H2,(H,17,20)(H,18,21). The smallest absolute Gasteiger partial charge is 0.322 e. The van der Waals surface area contributed by atoms with Crippen molar-refractivity contribution in [1.29, 1.82) is 0 Å². The molecule has 1 aliphatic rings. The maximum atomic E-state index is 12.3. The zero-order chi connectivity index (χ0) is 16.1. The lowest BCUT2D eigenvalue weighted by Crippen LogP contribution is -2.46. The van der Waals surface area contributed by atoms with E-state index in [9.17, 15) is 9.59 Å². The Labute approximate surface area is 137 Å². The molecule has 2 aromatic heterocycles. The van der Waals surface area contributed by atoms with Crippen LogP contribution in [0.5, 0.6) is 0 Å². The number of carbonyl (C=O) groups excluding carboxylic acids is 2. The van der Waals surface area contributed by atoms with Crippen LogP contribution in [0.1, 0.15) is 5.76 Å². The second kappa shape index (κ2) is 7.19. The number of nitrogens with zero attached hydrogens (tertiary/aromatic N) is 2. The Kier molecular flexibility index (Phi) is 4.82. The number of hydrogen-bond acceptors (Lipinski definition) is 5. The highest BCUT2D eigenvalue weighted by Crippen LogP contribution is 2.32. The summed E-state index contributed by atoms with van der Waals surface area (Å²) in [7, 11) is 0. The van der Waals surface area contributed by atoms with E-state index in [1.54, 1.807) is 47.3 Å². The lowest BCUT2D eigenvalue weighted by molar-refractivity contribution is -0.120. The lowest BCUT2D eigenvalue weighted by atomic mass is 10.3. The van der Waals surface area contributed by atoms with E-state index >= 15 is 0 Å². The number of anilines is 1. The van der Waals surface area contributed by atoms with E-state index in [-0.39, 0.29) is 18.5 Å². The van der Waals surface area contributed by atoms with Crippen molar-refractivity contribution in [3.8, 4) is 0 Å². The van der Waals surface area contributed by atoms with Gasteiger partial charge < -0.3 is 15.1 Å². The number of rotatable bonds is 4. The zero-order valence-electron chi connectivity index (χ0n) is 12.3. The van der Waals surface area contributed by atoms with Crippen LogP contribution in [0.3, 0.4) is 0 Å². The Hall–Kier alpha value is -2.48. The lowest BCUT2D eigenvalue weighted by Gasteiger charge is -2.28. The molecule has 1 aliphatic heterocycles. The van der Waals surface area contributed by atoms with Crippen molar-refractivity contribution in [3.05, 3.63) is 42.5 Å². The third-order valence-electron chi connectivity index (χ3n) is 3.28. The minimum atomic E-state index is -0.298. The average Bonchev–Trinajstić information content (AvgIpc) is 3.11. The van der Waals surface area contributed by atoms with Crippen LogP contribution in [-0.4, -0.2) is 35.8 Å². The van der Waals surface area contributed by atoms with Crippen LogP contribution >= 0.6 is 11.8 Å². The van der Waals surface area contributed by atoms with Crippen LogP contribution in [0, 0.1) is 0 Å². The van der Waals surface area contributed by atoms with E-state index in [1.807, 2.05) is 6.07 Å². The first kappa shape index (κ1) is 15.4. The first-order valence-corrected chi connectivity index (χ1v) is 8.15. The van der Waals surface area contributed by atoms with Gasteiger partial charge >= 0.3 is 6.03 Å². The molecule has 0 saturated heterocycles. The van der Waals surface area contributed by atoms with Crippen LogP contribution in [0.25, 0.3) is 0 Å². The van der Waals surface area contributed by atoms with Crippen molar-refractivity contribution < 1.29 is 14.0 Å². The summed E-state index contributed by atoms with van der Waals surface area (Å²) in [5, 5.41) is 6.14. The Bertz CT molecular complexity index is 690. The highest BCUT2D eigenvalue weighted by molar-refractivity contribution is 7.99. The molecule has 0 fully saturated rings. The summed E-state index contributed by atoms with van der Waals surface area (Å²) in [6, 6.07) is 6.87. The highest BCUT2D eigenvalue weighted by atomic mass is 32.2. The Morgan fingerprint density at radius 3 is 3.04 bits per heavy atom. The number of fused-ring (bicyclic) bond motifs is 1. The first-order valence-electron chi connectivity index (χ1n) is 7.16. The minimum Gasteiger partial charge on any atom is -0.467 e. The van der Waals surface area contributed by atoms with Gasteiger partial charge in [0.2, 0.25) is 5.91 Å². The molecule has 0 spiro atoms. The van der Waals surface area contributed by atoms with Crippen LogP contribution in [0.4, 0.5) is 10.5 Å². The van der Waals surface area contributed by atoms with Gasteiger partial charge in [0, 0.05) is 18.5 Å². The van der Waals surface area contributed by atoms with Gasteiger partial charge in [-0.05, 0) is 24.3 Å². The fourth-order valence-corrected chi connectivity index (χ4v) is 3.11. The number of amides is 3. The topological polar surface area (TPSA) is 87.5 Å². The van der Waals surface area contributed by atoms with E-state index in [0.717, 1.165) is 16.5 Å².